The molecule has 7 nitrogen and oxygen atoms in total. The lowest BCUT2D eigenvalue weighted by Gasteiger charge is -2.29. The lowest BCUT2D eigenvalue weighted by molar-refractivity contribution is -0.275. The molecule has 2 unspecified atom stereocenters. The Balaban J connectivity index is 1.60. The van der Waals surface area contributed by atoms with Gasteiger partial charge >= 0.3 is 6.18 Å². The molecule has 0 radical (unpaired) electrons. The Labute approximate surface area is 205 Å². The van der Waals surface area contributed by atoms with Crippen LogP contribution in [-0.4, -0.2) is 29.3 Å². The van der Waals surface area contributed by atoms with E-state index < -0.39 is 51.0 Å². The number of guanidine groups is 1. The number of alkyl halides is 3. The normalized spacial score (nSPS) is 21.8. The van der Waals surface area contributed by atoms with Gasteiger partial charge in [0.25, 0.3) is 11.5 Å². The summed E-state index contributed by atoms with van der Waals surface area (Å²) >= 11 is 15.5. The second-order valence-electron chi connectivity index (χ2n) is 7.50. The molecule has 0 saturated heterocycles. The first-order valence-corrected chi connectivity index (χ1v) is 10.9. The molecule has 180 valence electrons. The number of nitrogens with zero attached hydrogens (tertiary/aromatic N) is 2. The Morgan fingerprint density at radius 2 is 1.94 bits per heavy atom. The van der Waals surface area contributed by atoms with Gasteiger partial charge < -0.3 is 10.2 Å². The molecule has 14 heteroatoms. The molecule has 2 heterocycles. The van der Waals surface area contributed by atoms with E-state index in [0.29, 0.717) is 11.1 Å². The third-order valence-corrected chi connectivity index (χ3v) is 6.04. The maximum atomic E-state index is 14.2. The highest BCUT2D eigenvalue weighted by atomic mass is 35.5. The second kappa shape index (κ2) is 8.82. The van der Waals surface area contributed by atoms with Gasteiger partial charge in [0, 0.05) is 17.5 Å². The first-order valence-electron chi connectivity index (χ1n) is 9.58. The zero-order valence-corrected chi connectivity index (χ0v) is 19.5. The average molecular weight is 536 g/mol. The van der Waals surface area contributed by atoms with Gasteiger partial charge in [-0.3, -0.25) is 15.5 Å². The van der Waals surface area contributed by atoms with Crippen molar-refractivity contribution in [3.8, 4) is 0 Å². The minimum Gasteiger partial charge on any atom is -0.374 e. The minimum atomic E-state index is -4.93. The van der Waals surface area contributed by atoms with E-state index in [9.17, 15) is 22.4 Å². The smallest absolute Gasteiger partial charge is 0.374 e. The van der Waals surface area contributed by atoms with Gasteiger partial charge in [-0.15, -0.1) is 17.7 Å². The number of nitrogens with one attached hydrogen (secondary N) is 3. The first-order chi connectivity index (χ1) is 15.9. The molecule has 34 heavy (non-hydrogen) atoms. The Hall–Kier alpha value is -2.70. The van der Waals surface area contributed by atoms with Gasteiger partial charge in [-0.1, -0.05) is 34.4 Å². The summed E-state index contributed by atoms with van der Waals surface area (Å²) in [5.41, 5.74) is -0.196. The molecule has 4 rings (SSSR count). The van der Waals surface area contributed by atoms with E-state index in [4.69, 9.17) is 28.0 Å². The lowest BCUT2D eigenvalue weighted by Crippen LogP contribution is -2.42. The van der Waals surface area contributed by atoms with Crippen molar-refractivity contribution in [1.29, 1.82) is 0 Å². The topological polar surface area (TPSA) is 87.1 Å². The standard InChI is InChI=1S/C20H15Cl2F4N5O2S/c1-8-4-9(2-3-11(8)16(32)27-17-28-18(34)30-29-17)14-7-19(33-31-14,20(24,25)26)10-5-12(21)15(23)13(22)6-10/h2-6,18,30,34H,7H2,1H3,(H2,27,28,29,32). The van der Waals surface area contributed by atoms with Gasteiger partial charge in [0.1, 0.15) is 0 Å². The van der Waals surface area contributed by atoms with Crippen molar-refractivity contribution in [2.45, 2.75) is 30.6 Å². The molecule has 0 aliphatic carbocycles. The number of carbonyl (C=O) groups excluding carboxylic acids is 1. The number of carbonyl (C=O) groups is 1. The van der Waals surface area contributed by atoms with Gasteiger partial charge in [-0.2, -0.15) is 13.2 Å². The highest BCUT2D eigenvalue weighted by Gasteiger charge is 2.62. The van der Waals surface area contributed by atoms with Crippen molar-refractivity contribution in [3.63, 3.8) is 0 Å². The highest BCUT2D eigenvalue weighted by molar-refractivity contribution is 7.80. The Morgan fingerprint density at radius 1 is 1.26 bits per heavy atom. The predicted molar refractivity (Wildman–Crippen MR) is 122 cm³/mol. The number of hydrogen-bond acceptors (Lipinski definition) is 7. The summed E-state index contributed by atoms with van der Waals surface area (Å²) in [6.07, 6.45) is -5.64. The Kier molecular flexibility index (Phi) is 6.34. The highest BCUT2D eigenvalue weighted by Crippen LogP contribution is 2.50. The molecule has 0 fully saturated rings. The Morgan fingerprint density at radius 3 is 2.50 bits per heavy atom. The summed E-state index contributed by atoms with van der Waals surface area (Å²) in [4.78, 5) is 17.5. The molecular formula is C20H15Cl2F4N5O2S. The van der Waals surface area contributed by atoms with E-state index in [1.54, 1.807) is 6.92 Å². The maximum Gasteiger partial charge on any atom is 0.435 e. The number of thiol groups is 1. The lowest BCUT2D eigenvalue weighted by atomic mass is 9.86. The molecule has 1 amide bonds. The fourth-order valence-corrected chi connectivity index (χ4v) is 4.17. The number of amides is 1. The van der Waals surface area contributed by atoms with Crippen LogP contribution >= 0.6 is 35.8 Å². The van der Waals surface area contributed by atoms with Crippen LogP contribution in [0.2, 0.25) is 10.0 Å². The fourth-order valence-electron chi connectivity index (χ4n) is 3.50. The van der Waals surface area contributed by atoms with E-state index in [0.717, 1.165) is 12.1 Å². The predicted octanol–water partition coefficient (Wildman–Crippen LogP) is 4.43. The van der Waals surface area contributed by atoms with E-state index >= 15 is 0 Å². The zero-order valence-electron chi connectivity index (χ0n) is 17.1. The molecular weight excluding hydrogens is 521 g/mol. The summed E-state index contributed by atoms with van der Waals surface area (Å²) < 4.78 is 56.3. The number of halogens is 6. The molecule has 0 spiro atoms. The summed E-state index contributed by atoms with van der Waals surface area (Å²) in [6.45, 7) is 1.62. The van der Waals surface area contributed by atoms with Crippen LogP contribution in [0.1, 0.15) is 33.5 Å². The molecule has 0 saturated carbocycles. The van der Waals surface area contributed by atoms with Gasteiger partial charge in [-0.05, 0) is 42.3 Å². The number of aryl methyl sites for hydroxylation is 1. The van der Waals surface area contributed by atoms with E-state index in [1.807, 2.05) is 0 Å². The van der Waals surface area contributed by atoms with Crippen LogP contribution in [0.25, 0.3) is 0 Å². The average Bonchev–Trinajstić information content (AvgIpc) is 3.38. The Bertz CT molecular complexity index is 1220. The van der Waals surface area contributed by atoms with Crippen molar-refractivity contribution in [2.75, 3.05) is 0 Å². The van der Waals surface area contributed by atoms with Crippen LogP contribution in [0.3, 0.4) is 0 Å². The van der Waals surface area contributed by atoms with Gasteiger partial charge in [-0.25, -0.2) is 4.39 Å². The molecule has 2 aromatic carbocycles. The third kappa shape index (κ3) is 4.37. The zero-order chi connectivity index (χ0) is 24.8. The number of hydrogen-bond donors (Lipinski definition) is 4. The largest absolute Gasteiger partial charge is 0.435 e. The van der Waals surface area contributed by atoms with E-state index in [2.05, 4.69) is 38.9 Å². The van der Waals surface area contributed by atoms with Crippen LogP contribution in [0.5, 0.6) is 0 Å². The quantitative estimate of drug-likeness (QED) is 0.266. The number of hydrazone groups is 1. The molecule has 2 aromatic rings. The van der Waals surface area contributed by atoms with Crippen LogP contribution in [-0.2, 0) is 10.4 Å². The second-order valence-corrected chi connectivity index (χ2v) is 8.84. The summed E-state index contributed by atoms with van der Waals surface area (Å²) in [7, 11) is 0. The van der Waals surface area contributed by atoms with Crippen molar-refractivity contribution < 1.29 is 27.2 Å². The van der Waals surface area contributed by atoms with Crippen molar-refractivity contribution in [3.05, 3.63) is 68.4 Å². The molecule has 2 aliphatic heterocycles. The first kappa shape index (κ1) is 24.4. The SMILES string of the molecule is Cc1cc(C2=NOC(c3cc(Cl)c(F)c(Cl)c3)(C(F)(F)F)C2)ccc1C(=O)NC1=NNC(S)N1. The van der Waals surface area contributed by atoms with Crippen LogP contribution < -0.4 is 16.1 Å². The van der Waals surface area contributed by atoms with Gasteiger partial charge in [0.2, 0.25) is 5.96 Å². The van der Waals surface area contributed by atoms with Gasteiger partial charge in [0.05, 0.1) is 15.8 Å². The maximum absolute atomic E-state index is 14.2. The molecule has 0 aromatic heterocycles. The molecule has 2 aliphatic rings. The van der Waals surface area contributed by atoms with E-state index in [1.165, 1.54) is 18.2 Å². The summed E-state index contributed by atoms with van der Waals surface area (Å²) in [5, 5.41) is 11.7. The molecule has 2 atom stereocenters. The number of oxime groups is 1. The third-order valence-electron chi connectivity index (χ3n) is 5.24. The summed E-state index contributed by atoms with van der Waals surface area (Å²) in [5.74, 6) is -1.34. The molecule has 3 N–H and O–H groups in total. The van der Waals surface area contributed by atoms with Crippen molar-refractivity contribution in [1.82, 2.24) is 16.1 Å². The van der Waals surface area contributed by atoms with Crippen LogP contribution in [0, 0.1) is 12.7 Å². The summed E-state index contributed by atoms with van der Waals surface area (Å²) in [6, 6.07) is 6.04. The van der Waals surface area contributed by atoms with Crippen LogP contribution in [0.15, 0.2) is 40.6 Å². The van der Waals surface area contributed by atoms with Crippen LogP contribution in [0.4, 0.5) is 17.6 Å². The fraction of sp³-hybridized carbons (Fsp3) is 0.250. The van der Waals surface area contributed by atoms with Crippen molar-refractivity contribution >= 4 is 53.4 Å². The van der Waals surface area contributed by atoms with E-state index in [-0.39, 0.29) is 17.2 Å². The van der Waals surface area contributed by atoms with Crippen molar-refractivity contribution in [2.24, 2.45) is 10.3 Å². The molecule has 0 bridgehead atoms. The monoisotopic (exact) mass is 535 g/mol. The van der Waals surface area contributed by atoms with Gasteiger partial charge in [0.15, 0.2) is 11.3 Å². The number of rotatable bonds is 3. The number of benzene rings is 2. The minimum absolute atomic E-state index is 0.0205.